The Balaban J connectivity index is 1.90. The van der Waals surface area contributed by atoms with Crippen LogP contribution < -0.4 is 9.62 Å². The Morgan fingerprint density at radius 2 is 1.73 bits per heavy atom. The number of rotatable bonds is 10. The monoisotopic (exact) mass is 591 g/mol. The second-order valence-electron chi connectivity index (χ2n) is 9.55. The molecule has 2 aromatic rings. The maximum absolute atomic E-state index is 13.7. The van der Waals surface area contributed by atoms with Gasteiger partial charge in [0.2, 0.25) is 21.8 Å². The Morgan fingerprint density at radius 3 is 2.35 bits per heavy atom. The van der Waals surface area contributed by atoms with Crippen LogP contribution in [-0.4, -0.2) is 55.8 Å². The number of benzene rings is 2. The molecule has 0 aliphatic heterocycles. The van der Waals surface area contributed by atoms with E-state index in [-0.39, 0.29) is 30.0 Å². The average molecular weight is 593 g/mol. The Morgan fingerprint density at radius 1 is 1.05 bits per heavy atom. The molecule has 1 atom stereocenters. The molecule has 1 saturated carbocycles. The fraction of sp³-hybridized carbons (Fsp3) is 0.444. The minimum atomic E-state index is -3.87. The largest absolute Gasteiger partial charge is 0.352 e. The van der Waals surface area contributed by atoms with Crippen molar-refractivity contribution in [3.8, 4) is 0 Å². The SMILES string of the molecule is CC(=O)c1cccc(N(CC(=O)N(Cc2cccc(Br)c2)[C@H](C)C(=O)NC2CCCCC2)S(C)(=O)=O)c1. The van der Waals surface area contributed by atoms with Crippen LogP contribution in [0.5, 0.6) is 0 Å². The van der Waals surface area contributed by atoms with Crippen molar-refractivity contribution in [2.24, 2.45) is 0 Å². The smallest absolute Gasteiger partial charge is 0.244 e. The van der Waals surface area contributed by atoms with Gasteiger partial charge in [0, 0.05) is 22.6 Å². The van der Waals surface area contributed by atoms with E-state index < -0.39 is 28.5 Å². The number of Topliss-reactive ketones (excluding diaryl/α,β-unsaturated/α-hetero) is 1. The number of nitrogens with one attached hydrogen (secondary N) is 1. The Hall–Kier alpha value is -2.72. The molecule has 3 rings (SSSR count). The molecule has 8 nitrogen and oxygen atoms in total. The zero-order valence-corrected chi connectivity index (χ0v) is 23.8. The topological polar surface area (TPSA) is 104 Å². The van der Waals surface area contributed by atoms with E-state index in [0.29, 0.717) is 5.56 Å². The summed E-state index contributed by atoms with van der Waals surface area (Å²) in [6, 6.07) is 12.8. The van der Waals surface area contributed by atoms with Gasteiger partial charge in [-0.15, -0.1) is 0 Å². The third-order valence-corrected chi connectivity index (χ3v) is 8.21. The van der Waals surface area contributed by atoms with Crippen LogP contribution in [0.15, 0.2) is 53.0 Å². The van der Waals surface area contributed by atoms with Crippen molar-refractivity contribution >= 4 is 49.2 Å². The molecular formula is C27H34BrN3O5S. The van der Waals surface area contributed by atoms with Crippen LogP contribution in [0.1, 0.15) is 61.9 Å². The number of nitrogens with zero attached hydrogens (tertiary/aromatic N) is 2. The molecule has 0 saturated heterocycles. The lowest BCUT2D eigenvalue weighted by Crippen LogP contribution is -2.53. The van der Waals surface area contributed by atoms with Gasteiger partial charge in [0.15, 0.2) is 5.78 Å². The lowest BCUT2D eigenvalue weighted by atomic mass is 9.95. The predicted molar refractivity (Wildman–Crippen MR) is 148 cm³/mol. The molecule has 0 aromatic heterocycles. The number of halogens is 1. The first kappa shape index (κ1) is 28.8. The predicted octanol–water partition coefficient (Wildman–Crippen LogP) is 4.28. The number of carbonyl (C=O) groups excluding carboxylic acids is 3. The zero-order valence-electron chi connectivity index (χ0n) is 21.4. The second kappa shape index (κ2) is 12.7. The number of ketones is 1. The lowest BCUT2D eigenvalue weighted by molar-refractivity contribution is -0.139. The van der Waals surface area contributed by atoms with Crippen LogP contribution in [0.3, 0.4) is 0 Å². The van der Waals surface area contributed by atoms with Crippen molar-refractivity contribution in [1.82, 2.24) is 10.2 Å². The summed E-state index contributed by atoms with van der Waals surface area (Å²) in [5.41, 5.74) is 1.35. The molecule has 1 fully saturated rings. The highest BCUT2D eigenvalue weighted by Gasteiger charge is 2.31. The maximum atomic E-state index is 13.7. The molecule has 0 spiro atoms. The summed E-state index contributed by atoms with van der Waals surface area (Å²) < 4.78 is 27.3. The first-order chi connectivity index (χ1) is 17.5. The summed E-state index contributed by atoms with van der Waals surface area (Å²) in [5, 5.41) is 3.07. The van der Waals surface area contributed by atoms with Crippen LogP contribution in [-0.2, 0) is 26.2 Å². The van der Waals surface area contributed by atoms with Crippen LogP contribution in [0, 0.1) is 0 Å². The fourth-order valence-electron chi connectivity index (χ4n) is 4.48. The van der Waals surface area contributed by atoms with Crippen molar-refractivity contribution in [1.29, 1.82) is 0 Å². The highest BCUT2D eigenvalue weighted by molar-refractivity contribution is 9.10. The quantitative estimate of drug-likeness (QED) is 0.415. The van der Waals surface area contributed by atoms with Gasteiger partial charge in [-0.2, -0.15) is 0 Å². The Kier molecular flexibility index (Phi) is 9.89. The van der Waals surface area contributed by atoms with Gasteiger partial charge in [-0.1, -0.05) is 59.5 Å². The van der Waals surface area contributed by atoms with Crippen LogP contribution >= 0.6 is 15.9 Å². The average Bonchev–Trinajstić information content (AvgIpc) is 2.85. The van der Waals surface area contributed by atoms with Gasteiger partial charge in [-0.3, -0.25) is 18.7 Å². The minimum absolute atomic E-state index is 0.0772. The van der Waals surface area contributed by atoms with Gasteiger partial charge in [-0.25, -0.2) is 8.42 Å². The van der Waals surface area contributed by atoms with E-state index in [9.17, 15) is 22.8 Å². The zero-order chi connectivity index (χ0) is 27.2. The van der Waals surface area contributed by atoms with Crippen molar-refractivity contribution < 1.29 is 22.8 Å². The molecule has 10 heteroatoms. The number of carbonyl (C=O) groups is 3. The molecule has 200 valence electrons. The van der Waals surface area contributed by atoms with Crippen LogP contribution in [0.25, 0.3) is 0 Å². The van der Waals surface area contributed by atoms with E-state index >= 15 is 0 Å². The molecule has 2 aromatic carbocycles. The van der Waals surface area contributed by atoms with E-state index in [2.05, 4.69) is 21.2 Å². The van der Waals surface area contributed by atoms with E-state index in [4.69, 9.17) is 0 Å². The maximum Gasteiger partial charge on any atom is 0.244 e. The van der Waals surface area contributed by atoms with Crippen molar-refractivity contribution in [3.63, 3.8) is 0 Å². The Bertz CT molecular complexity index is 1240. The van der Waals surface area contributed by atoms with Gasteiger partial charge >= 0.3 is 0 Å². The van der Waals surface area contributed by atoms with E-state index in [1.165, 1.54) is 17.9 Å². The Labute approximate surface area is 227 Å². The van der Waals surface area contributed by atoms with Gasteiger partial charge in [-0.05, 0) is 56.5 Å². The molecule has 2 amide bonds. The van der Waals surface area contributed by atoms with Crippen molar-refractivity contribution in [3.05, 3.63) is 64.1 Å². The standard InChI is InChI=1S/C27H34BrN3O5S/c1-19(27(34)29-24-12-5-4-6-13-24)30(17-21-9-7-11-23(28)15-21)26(33)18-31(37(3,35)36)25-14-8-10-22(16-25)20(2)32/h7-11,14-16,19,24H,4-6,12-13,17-18H2,1-3H3,(H,29,34)/t19-/m1/s1. The number of anilines is 1. The molecule has 0 radical (unpaired) electrons. The van der Waals surface area contributed by atoms with Crippen LogP contribution in [0.4, 0.5) is 5.69 Å². The highest BCUT2D eigenvalue weighted by Crippen LogP contribution is 2.22. The molecule has 0 bridgehead atoms. The van der Waals surface area contributed by atoms with Crippen molar-refractivity contribution in [2.75, 3.05) is 17.1 Å². The summed E-state index contributed by atoms with van der Waals surface area (Å²) in [6.45, 7) is 2.68. The van der Waals surface area contributed by atoms with E-state index in [0.717, 1.165) is 52.7 Å². The second-order valence-corrected chi connectivity index (χ2v) is 12.4. The molecular weight excluding hydrogens is 558 g/mol. The molecule has 1 N–H and O–H groups in total. The minimum Gasteiger partial charge on any atom is -0.352 e. The van der Waals surface area contributed by atoms with E-state index in [1.54, 1.807) is 25.1 Å². The molecule has 1 aliphatic carbocycles. The third-order valence-electron chi connectivity index (χ3n) is 6.58. The molecule has 0 heterocycles. The summed E-state index contributed by atoms with van der Waals surface area (Å²) in [7, 11) is -3.87. The van der Waals surface area contributed by atoms with Crippen molar-refractivity contribution in [2.45, 2.75) is 64.6 Å². The first-order valence-electron chi connectivity index (χ1n) is 12.4. The number of amides is 2. The molecule has 37 heavy (non-hydrogen) atoms. The van der Waals surface area contributed by atoms with Gasteiger partial charge in [0.05, 0.1) is 11.9 Å². The van der Waals surface area contributed by atoms with Gasteiger partial charge < -0.3 is 10.2 Å². The van der Waals surface area contributed by atoms with Gasteiger partial charge in [0.25, 0.3) is 0 Å². The molecule has 0 unspecified atom stereocenters. The summed E-state index contributed by atoms with van der Waals surface area (Å²) in [4.78, 5) is 40.2. The van der Waals surface area contributed by atoms with Crippen LogP contribution in [0.2, 0.25) is 0 Å². The summed E-state index contributed by atoms with van der Waals surface area (Å²) in [6.07, 6.45) is 6.10. The summed E-state index contributed by atoms with van der Waals surface area (Å²) >= 11 is 3.44. The first-order valence-corrected chi connectivity index (χ1v) is 15.0. The third kappa shape index (κ3) is 8.13. The number of sulfonamides is 1. The number of hydrogen-bond donors (Lipinski definition) is 1. The van der Waals surface area contributed by atoms with Gasteiger partial charge in [0.1, 0.15) is 12.6 Å². The highest BCUT2D eigenvalue weighted by atomic mass is 79.9. The number of hydrogen-bond acceptors (Lipinski definition) is 5. The van der Waals surface area contributed by atoms with E-state index in [1.807, 2.05) is 24.3 Å². The normalized spacial score (nSPS) is 15.0. The molecule has 1 aliphatic rings. The fourth-order valence-corrected chi connectivity index (χ4v) is 5.77. The lowest BCUT2D eigenvalue weighted by Gasteiger charge is -2.33. The summed E-state index contributed by atoms with van der Waals surface area (Å²) in [5.74, 6) is -1.00.